The lowest BCUT2D eigenvalue weighted by Crippen LogP contribution is -2.07. The fourth-order valence-electron chi connectivity index (χ4n) is 1.70. The summed E-state index contributed by atoms with van der Waals surface area (Å²) in [4.78, 5) is 11.4. The van der Waals surface area contributed by atoms with Crippen molar-refractivity contribution in [3.63, 3.8) is 0 Å². The summed E-state index contributed by atoms with van der Waals surface area (Å²) < 4.78 is 48.4. The predicted octanol–water partition coefficient (Wildman–Crippen LogP) is 3.86. The monoisotopic (exact) mass is 348 g/mol. The second kappa shape index (κ2) is 5.32. The number of carbonyl (C=O) groups excluding carboxylic acids is 1. The van der Waals surface area contributed by atoms with Gasteiger partial charge in [0.1, 0.15) is 4.48 Å². The van der Waals surface area contributed by atoms with Crippen LogP contribution in [0.4, 0.5) is 13.2 Å². The van der Waals surface area contributed by atoms with Gasteiger partial charge in [-0.05, 0) is 33.6 Å². The molecule has 20 heavy (non-hydrogen) atoms. The number of alkyl halides is 3. The van der Waals surface area contributed by atoms with Crippen LogP contribution in [0.2, 0.25) is 0 Å². The topological polar surface area (TPSA) is 35.5 Å². The van der Waals surface area contributed by atoms with E-state index in [0.717, 1.165) is 12.1 Å². The van der Waals surface area contributed by atoms with Gasteiger partial charge in [0.2, 0.25) is 0 Å². The minimum absolute atomic E-state index is 0.0377. The Kier molecular flexibility index (Phi) is 3.89. The van der Waals surface area contributed by atoms with Gasteiger partial charge in [-0.25, -0.2) is 4.79 Å². The van der Waals surface area contributed by atoms with Crippen molar-refractivity contribution < 1.29 is 27.4 Å². The third kappa shape index (κ3) is 2.72. The summed E-state index contributed by atoms with van der Waals surface area (Å²) in [6.07, 6.45) is -3.38. The lowest BCUT2D eigenvalue weighted by molar-refractivity contribution is -0.137. The maximum atomic E-state index is 12.9. The maximum Gasteiger partial charge on any atom is 0.416 e. The van der Waals surface area contributed by atoms with E-state index in [2.05, 4.69) is 15.9 Å². The van der Waals surface area contributed by atoms with Gasteiger partial charge in [-0.3, -0.25) is 0 Å². The van der Waals surface area contributed by atoms with Gasteiger partial charge >= 0.3 is 12.1 Å². The number of halogens is 4. The van der Waals surface area contributed by atoms with Crippen molar-refractivity contribution in [1.82, 2.24) is 0 Å². The minimum Gasteiger partial charge on any atom is -0.491 e. The molecule has 0 saturated carbocycles. The number of ether oxygens (including phenoxy) is 2. The molecule has 0 radical (unpaired) electrons. The Morgan fingerprint density at radius 3 is 2.55 bits per heavy atom. The lowest BCUT2D eigenvalue weighted by Gasteiger charge is -2.10. The van der Waals surface area contributed by atoms with Crippen molar-refractivity contribution in [1.29, 1.82) is 0 Å². The van der Waals surface area contributed by atoms with Crippen LogP contribution in [0, 0.1) is 0 Å². The summed E-state index contributed by atoms with van der Waals surface area (Å²) in [5.41, 5.74) is -0.929. The van der Waals surface area contributed by atoms with E-state index in [9.17, 15) is 18.0 Å². The molecule has 1 aromatic rings. The van der Waals surface area contributed by atoms with Crippen LogP contribution >= 0.6 is 15.9 Å². The Morgan fingerprint density at radius 1 is 1.30 bits per heavy atom. The molecule has 2 rings (SSSR count). The largest absolute Gasteiger partial charge is 0.491 e. The number of hydrogen-bond acceptors (Lipinski definition) is 3. The number of carbonyl (C=O) groups is 1. The number of esters is 1. The molecule has 0 aromatic heterocycles. The highest BCUT2D eigenvalue weighted by atomic mass is 79.9. The number of hydrogen-bond donors (Lipinski definition) is 0. The van der Waals surface area contributed by atoms with E-state index < -0.39 is 17.7 Å². The molecule has 0 bridgehead atoms. The highest BCUT2D eigenvalue weighted by Gasteiger charge is 2.34. The number of rotatable bonds is 2. The molecular weight excluding hydrogens is 341 g/mol. The molecule has 1 aromatic carbocycles. The molecule has 0 unspecified atom stereocenters. The molecule has 0 aliphatic carbocycles. The Morgan fingerprint density at radius 2 is 1.95 bits per heavy atom. The third-order valence-electron chi connectivity index (χ3n) is 2.56. The molecule has 1 heterocycles. The van der Waals surface area contributed by atoms with Crippen LogP contribution < -0.4 is 0 Å². The lowest BCUT2D eigenvalue weighted by atomic mass is 10.1. The van der Waals surface area contributed by atoms with Gasteiger partial charge < -0.3 is 9.47 Å². The van der Waals surface area contributed by atoms with Crippen LogP contribution in [0.15, 0.2) is 40.3 Å². The highest BCUT2D eigenvalue weighted by molar-refractivity contribution is 9.12. The average molecular weight is 349 g/mol. The van der Waals surface area contributed by atoms with Gasteiger partial charge in [0.25, 0.3) is 0 Å². The Bertz CT molecular complexity index is 618. The first-order chi connectivity index (χ1) is 9.34. The molecule has 1 aliphatic rings. The normalized spacial score (nSPS) is 17.6. The summed E-state index contributed by atoms with van der Waals surface area (Å²) in [6, 6.07) is 4.98. The second-order valence-electron chi connectivity index (χ2n) is 3.83. The molecule has 1 aliphatic heterocycles. The predicted molar refractivity (Wildman–Crippen MR) is 68.5 cm³/mol. The summed E-state index contributed by atoms with van der Waals surface area (Å²) in [5.74, 6) is -0.717. The fourth-order valence-corrected chi connectivity index (χ4v) is 2.14. The van der Waals surface area contributed by atoms with Gasteiger partial charge in [0.05, 0.1) is 12.7 Å². The number of methoxy groups -OCH3 is 1. The van der Waals surface area contributed by atoms with E-state index in [0.29, 0.717) is 0 Å². The number of cyclic esters (lactones) is 1. The molecule has 106 valence electrons. The van der Waals surface area contributed by atoms with Gasteiger partial charge in [0, 0.05) is 0 Å². The molecule has 0 fully saturated rings. The van der Waals surface area contributed by atoms with Crippen LogP contribution in [0.1, 0.15) is 11.1 Å². The molecule has 0 spiro atoms. The standard InChI is InChI=1S/C13H8BrF3O3/c1-19-11-9(20-12(18)10(11)14)6-7-4-2-3-5-8(7)13(15,16)17/h2-6H,1H3/b9-6-. The van der Waals surface area contributed by atoms with Gasteiger partial charge in [0.15, 0.2) is 11.5 Å². The molecule has 0 saturated heterocycles. The first-order valence-electron chi connectivity index (χ1n) is 5.39. The van der Waals surface area contributed by atoms with E-state index in [-0.39, 0.29) is 21.6 Å². The van der Waals surface area contributed by atoms with E-state index in [1.54, 1.807) is 0 Å². The Labute approximate surface area is 120 Å². The van der Waals surface area contributed by atoms with E-state index in [1.807, 2.05) is 0 Å². The SMILES string of the molecule is COC1=C(Br)C(=O)O/C1=C\c1ccccc1C(F)(F)F. The van der Waals surface area contributed by atoms with Crippen molar-refractivity contribution in [2.24, 2.45) is 0 Å². The summed E-state index contributed by atoms with van der Waals surface area (Å²) >= 11 is 2.96. The van der Waals surface area contributed by atoms with Crippen LogP contribution in [-0.4, -0.2) is 13.1 Å². The molecule has 0 amide bonds. The van der Waals surface area contributed by atoms with Gasteiger partial charge in [-0.2, -0.15) is 13.2 Å². The Balaban J connectivity index is 2.50. The first-order valence-corrected chi connectivity index (χ1v) is 6.18. The van der Waals surface area contributed by atoms with Crippen molar-refractivity contribution in [3.8, 4) is 0 Å². The van der Waals surface area contributed by atoms with Crippen molar-refractivity contribution in [3.05, 3.63) is 51.4 Å². The summed E-state index contributed by atoms with van der Waals surface area (Å²) in [7, 11) is 1.29. The third-order valence-corrected chi connectivity index (χ3v) is 3.25. The maximum absolute atomic E-state index is 12.9. The summed E-state index contributed by atoms with van der Waals surface area (Å²) in [5, 5.41) is 0. The smallest absolute Gasteiger partial charge is 0.416 e. The van der Waals surface area contributed by atoms with E-state index in [4.69, 9.17) is 9.47 Å². The van der Waals surface area contributed by atoms with Crippen LogP contribution in [0.25, 0.3) is 6.08 Å². The van der Waals surface area contributed by atoms with Crippen LogP contribution in [0.5, 0.6) is 0 Å². The second-order valence-corrected chi connectivity index (χ2v) is 4.62. The van der Waals surface area contributed by atoms with Crippen molar-refractivity contribution >= 4 is 28.0 Å². The van der Waals surface area contributed by atoms with Crippen molar-refractivity contribution in [2.75, 3.05) is 7.11 Å². The Hall–Kier alpha value is -1.76. The van der Waals surface area contributed by atoms with Crippen LogP contribution in [-0.2, 0) is 20.4 Å². The van der Waals surface area contributed by atoms with E-state index in [1.165, 1.54) is 25.3 Å². The fraction of sp³-hybridized carbons (Fsp3) is 0.154. The zero-order valence-electron chi connectivity index (χ0n) is 10.1. The van der Waals surface area contributed by atoms with Gasteiger partial charge in [-0.15, -0.1) is 0 Å². The minimum atomic E-state index is -4.50. The average Bonchev–Trinajstić information content (AvgIpc) is 2.64. The molecular formula is C13H8BrF3O3. The zero-order valence-corrected chi connectivity index (χ0v) is 11.7. The molecule has 0 atom stereocenters. The van der Waals surface area contributed by atoms with Gasteiger partial charge in [-0.1, -0.05) is 18.2 Å². The zero-order chi connectivity index (χ0) is 14.9. The molecule has 0 N–H and O–H groups in total. The molecule has 7 heteroatoms. The number of benzene rings is 1. The van der Waals surface area contributed by atoms with Crippen LogP contribution in [0.3, 0.4) is 0 Å². The van der Waals surface area contributed by atoms with E-state index >= 15 is 0 Å². The quantitative estimate of drug-likeness (QED) is 0.761. The van der Waals surface area contributed by atoms with Crippen molar-refractivity contribution in [2.45, 2.75) is 6.18 Å². The molecule has 3 nitrogen and oxygen atoms in total. The highest BCUT2D eigenvalue weighted by Crippen LogP contribution is 2.36. The summed E-state index contributed by atoms with van der Waals surface area (Å²) in [6.45, 7) is 0. The first kappa shape index (κ1) is 14.6.